The number of halogens is 1. The minimum Gasteiger partial charge on any atom is -0.391 e. The van der Waals surface area contributed by atoms with Crippen LogP contribution in [0, 0.1) is 0 Å². The molecule has 0 saturated heterocycles. The summed E-state index contributed by atoms with van der Waals surface area (Å²) in [7, 11) is 0. The van der Waals surface area contributed by atoms with Crippen molar-refractivity contribution in [2.45, 2.75) is 32.5 Å². The van der Waals surface area contributed by atoms with Crippen LogP contribution >= 0.6 is 27.3 Å². The molecular formula is C11H18BrNOS. The molecule has 1 aromatic heterocycles. The van der Waals surface area contributed by atoms with Crippen molar-refractivity contribution in [1.82, 2.24) is 4.90 Å². The van der Waals surface area contributed by atoms with Gasteiger partial charge in [-0.15, -0.1) is 11.3 Å². The number of rotatable bonds is 6. The second-order valence-electron chi connectivity index (χ2n) is 3.91. The van der Waals surface area contributed by atoms with E-state index in [1.807, 2.05) is 0 Å². The summed E-state index contributed by atoms with van der Waals surface area (Å²) in [6, 6.07) is 4.67. The molecule has 0 amide bonds. The molecule has 0 saturated carbocycles. The first kappa shape index (κ1) is 13.2. The van der Waals surface area contributed by atoms with E-state index in [0.29, 0.717) is 11.4 Å². The number of hydrogen-bond acceptors (Lipinski definition) is 3. The third-order valence-corrected chi connectivity index (χ3v) is 3.90. The molecule has 2 nitrogen and oxygen atoms in total. The van der Waals surface area contributed by atoms with Gasteiger partial charge in [0.2, 0.25) is 0 Å². The Hall–Kier alpha value is 0.1000. The Labute approximate surface area is 104 Å². The van der Waals surface area contributed by atoms with Crippen molar-refractivity contribution in [1.29, 1.82) is 0 Å². The first-order valence-electron chi connectivity index (χ1n) is 5.14. The minimum atomic E-state index is -0.285. The van der Waals surface area contributed by atoms with E-state index >= 15 is 0 Å². The fraction of sp³-hybridized carbons (Fsp3) is 0.636. The van der Waals surface area contributed by atoms with Crippen LogP contribution in [0.4, 0.5) is 0 Å². The fourth-order valence-electron chi connectivity index (χ4n) is 1.38. The van der Waals surface area contributed by atoms with Crippen molar-refractivity contribution in [3.8, 4) is 0 Å². The molecule has 0 spiro atoms. The van der Waals surface area contributed by atoms with E-state index in [-0.39, 0.29) is 6.10 Å². The molecule has 86 valence electrons. The van der Waals surface area contributed by atoms with E-state index < -0.39 is 0 Å². The average Bonchev–Trinajstić information content (AvgIpc) is 2.69. The number of alkyl halides is 1. The Morgan fingerprint density at radius 1 is 1.53 bits per heavy atom. The number of nitrogens with zero attached hydrogens (tertiary/aromatic N) is 1. The van der Waals surface area contributed by atoms with Gasteiger partial charge in [-0.05, 0) is 25.3 Å². The van der Waals surface area contributed by atoms with Crippen molar-refractivity contribution in [2.75, 3.05) is 11.9 Å². The number of hydrogen-bond donors (Lipinski definition) is 1. The SMILES string of the molecule is CC(C)N(Cc1cccs1)CC(O)CBr. The highest BCUT2D eigenvalue weighted by atomic mass is 79.9. The molecule has 1 unspecified atom stereocenters. The molecule has 4 heteroatoms. The maximum absolute atomic E-state index is 9.62. The van der Waals surface area contributed by atoms with Gasteiger partial charge >= 0.3 is 0 Å². The van der Waals surface area contributed by atoms with E-state index in [2.05, 4.69) is 52.2 Å². The number of aliphatic hydroxyl groups is 1. The lowest BCUT2D eigenvalue weighted by Crippen LogP contribution is -2.37. The van der Waals surface area contributed by atoms with Gasteiger partial charge in [-0.3, -0.25) is 4.90 Å². The standard InChI is InChI=1S/C11H18BrNOS/c1-9(2)13(7-10(14)6-12)8-11-4-3-5-15-11/h3-5,9-10,14H,6-8H2,1-2H3. The molecule has 0 radical (unpaired) electrons. The highest BCUT2D eigenvalue weighted by Gasteiger charge is 2.14. The molecule has 1 N–H and O–H groups in total. The second kappa shape index (κ2) is 6.63. The molecule has 0 aliphatic carbocycles. The number of aliphatic hydroxyl groups excluding tert-OH is 1. The smallest absolute Gasteiger partial charge is 0.0763 e. The highest BCUT2D eigenvalue weighted by Crippen LogP contribution is 2.14. The van der Waals surface area contributed by atoms with Crippen LogP contribution < -0.4 is 0 Å². The van der Waals surface area contributed by atoms with Gasteiger partial charge in [0.1, 0.15) is 0 Å². The molecule has 1 atom stereocenters. The Bertz CT molecular complexity index is 264. The van der Waals surface area contributed by atoms with Crippen LogP contribution in [0.5, 0.6) is 0 Å². The molecule has 15 heavy (non-hydrogen) atoms. The molecule has 1 heterocycles. The van der Waals surface area contributed by atoms with Crippen LogP contribution in [0.25, 0.3) is 0 Å². The van der Waals surface area contributed by atoms with Crippen LogP contribution in [0.2, 0.25) is 0 Å². The molecular weight excluding hydrogens is 274 g/mol. The molecule has 1 rings (SSSR count). The first-order valence-corrected chi connectivity index (χ1v) is 7.14. The van der Waals surface area contributed by atoms with E-state index in [1.54, 1.807) is 11.3 Å². The zero-order valence-electron chi connectivity index (χ0n) is 9.19. The molecule has 1 aromatic rings. The lowest BCUT2D eigenvalue weighted by atomic mass is 10.2. The van der Waals surface area contributed by atoms with E-state index in [1.165, 1.54) is 4.88 Å². The average molecular weight is 292 g/mol. The molecule has 0 bridgehead atoms. The van der Waals surface area contributed by atoms with Gasteiger partial charge < -0.3 is 5.11 Å². The normalized spacial score (nSPS) is 13.7. The summed E-state index contributed by atoms with van der Waals surface area (Å²) in [5.74, 6) is 0. The van der Waals surface area contributed by atoms with Crippen molar-refractivity contribution in [3.63, 3.8) is 0 Å². The van der Waals surface area contributed by atoms with E-state index in [4.69, 9.17) is 0 Å². The summed E-state index contributed by atoms with van der Waals surface area (Å²) < 4.78 is 0. The Morgan fingerprint density at radius 2 is 2.27 bits per heavy atom. The third-order valence-electron chi connectivity index (χ3n) is 2.29. The lowest BCUT2D eigenvalue weighted by Gasteiger charge is -2.27. The first-order chi connectivity index (χ1) is 7.13. The predicted molar refractivity (Wildman–Crippen MR) is 69.7 cm³/mol. The van der Waals surface area contributed by atoms with Crippen LogP contribution in [-0.2, 0) is 6.54 Å². The highest BCUT2D eigenvalue weighted by molar-refractivity contribution is 9.09. The van der Waals surface area contributed by atoms with Gasteiger partial charge in [0.05, 0.1) is 6.10 Å². The van der Waals surface area contributed by atoms with Gasteiger partial charge in [-0.25, -0.2) is 0 Å². The summed E-state index contributed by atoms with van der Waals surface area (Å²) in [6.45, 7) is 5.98. The van der Waals surface area contributed by atoms with Crippen molar-refractivity contribution >= 4 is 27.3 Å². The summed E-state index contributed by atoms with van der Waals surface area (Å²) in [6.07, 6.45) is -0.285. The van der Waals surface area contributed by atoms with Crippen molar-refractivity contribution in [3.05, 3.63) is 22.4 Å². The topological polar surface area (TPSA) is 23.5 Å². The Balaban J connectivity index is 2.51. The Morgan fingerprint density at radius 3 is 2.73 bits per heavy atom. The van der Waals surface area contributed by atoms with Crippen molar-refractivity contribution < 1.29 is 5.11 Å². The van der Waals surface area contributed by atoms with Crippen LogP contribution in [0.1, 0.15) is 18.7 Å². The molecule has 0 aliphatic heterocycles. The van der Waals surface area contributed by atoms with Crippen LogP contribution in [0.15, 0.2) is 17.5 Å². The largest absolute Gasteiger partial charge is 0.391 e. The maximum atomic E-state index is 9.62. The monoisotopic (exact) mass is 291 g/mol. The molecule has 0 aliphatic rings. The second-order valence-corrected chi connectivity index (χ2v) is 5.59. The number of thiophene rings is 1. The van der Waals surface area contributed by atoms with Crippen LogP contribution in [-0.4, -0.2) is 34.0 Å². The fourth-order valence-corrected chi connectivity index (χ4v) is 2.31. The zero-order chi connectivity index (χ0) is 11.3. The Kier molecular flexibility index (Phi) is 5.82. The summed E-state index contributed by atoms with van der Waals surface area (Å²) in [5.41, 5.74) is 0. The van der Waals surface area contributed by atoms with Gasteiger partial charge in [-0.2, -0.15) is 0 Å². The molecule has 0 aromatic carbocycles. The zero-order valence-corrected chi connectivity index (χ0v) is 11.6. The van der Waals surface area contributed by atoms with E-state index in [9.17, 15) is 5.11 Å². The van der Waals surface area contributed by atoms with Gasteiger partial charge in [0.15, 0.2) is 0 Å². The third kappa shape index (κ3) is 4.64. The van der Waals surface area contributed by atoms with Crippen molar-refractivity contribution in [2.24, 2.45) is 0 Å². The minimum absolute atomic E-state index is 0.285. The summed E-state index contributed by atoms with van der Waals surface area (Å²) in [5, 5.41) is 12.4. The van der Waals surface area contributed by atoms with Gasteiger partial charge in [0.25, 0.3) is 0 Å². The van der Waals surface area contributed by atoms with Crippen LogP contribution in [0.3, 0.4) is 0 Å². The summed E-state index contributed by atoms with van der Waals surface area (Å²) >= 11 is 5.06. The quantitative estimate of drug-likeness (QED) is 0.815. The predicted octanol–water partition coefficient (Wildman–Crippen LogP) is 2.71. The maximum Gasteiger partial charge on any atom is 0.0763 e. The van der Waals surface area contributed by atoms with Gasteiger partial charge in [-0.1, -0.05) is 22.0 Å². The molecule has 0 fully saturated rings. The van der Waals surface area contributed by atoms with Gasteiger partial charge in [0, 0.05) is 29.3 Å². The van der Waals surface area contributed by atoms with E-state index in [0.717, 1.165) is 13.1 Å². The summed E-state index contributed by atoms with van der Waals surface area (Å²) in [4.78, 5) is 3.64. The lowest BCUT2D eigenvalue weighted by molar-refractivity contribution is 0.107.